The van der Waals surface area contributed by atoms with Crippen LogP contribution in [0.5, 0.6) is 0 Å². The van der Waals surface area contributed by atoms with E-state index in [4.69, 9.17) is 9.15 Å². The lowest BCUT2D eigenvalue weighted by molar-refractivity contribution is -0.140. The Hall–Kier alpha value is -2.41. The summed E-state index contributed by atoms with van der Waals surface area (Å²) in [6.45, 7) is 1.91. The van der Waals surface area contributed by atoms with Crippen LogP contribution in [0.15, 0.2) is 41.3 Å². The van der Waals surface area contributed by atoms with Gasteiger partial charge in [0.15, 0.2) is 11.5 Å². The highest BCUT2D eigenvalue weighted by Gasteiger charge is 2.29. The number of furan rings is 1. The number of carbonyl (C=O) groups excluding carboxylic acids is 2. The molecule has 3 rings (SSSR count). The summed E-state index contributed by atoms with van der Waals surface area (Å²) in [4.78, 5) is 26.4. The van der Waals surface area contributed by atoms with Crippen molar-refractivity contribution in [2.45, 2.75) is 25.4 Å². The summed E-state index contributed by atoms with van der Waals surface area (Å²) in [5.74, 6) is 0.218. The molecule has 0 saturated carbocycles. The van der Waals surface area contributed by atoms with Gasteiger partial charge in [0.1, 0.15) is 0 Å². The molecule has 0 bridgehead atoms. The highest BCUT2D eigenvalue weighted by molar-refractivity contribution is 5.94. The number of rotatable bonds is 6. The van der Waals surface area contributed by atoms with E-state index in [1.165, 1.54) is 6.26 Å². The van der Waals surface area contributed by atoms with Crippen molar-refractivity contribution in [3.63, 3.8) is 0 Å². The maximum absolute atomic E-state index is 12.5. The molecule has 1 aliphatic heterocycles. The van der Waals surface area contributed by atoms with E-state index in [9.17, 15) is 9.59 Å². The van der Waals surface area contributed by atoms with E-state index >= 15 is 0 Å². The standard InChI is InChI=1S/C16H19N3O4/c20-14(15-3-1-9-23-15)11-13-12-22-10-8-19(13)16(21)4-7-18-6-2-5-17-18/h1-3,5-6,9,13H,4,7-8,10-12H2. The van der Waals surface area contributed by atoms with Gasteiger partial charge in [-0.3, -0.25) is 14.3 Å². The predicted octanol–water partition coefficient (Wildman–Crippen LogP) is 1.37. The van der Waals surface area contributed by atoms with Crippen LogP contribution in [0.3, 0.4) is 0 Å². The van der Waals surface area contributed by atoms with E-state index in [-0.39, 0.29) is 24.2 Å². The second-order valence-corrected chi connectivity index (χ2v) is 5.44. The fourth-order valence-corrected chi connectivity index (χ4v) is 2.69. The van der Waals surface area contributed by atoms with Gasteiger partial charge in [0.25, 0.3) is 0 Å². The second kappa shape index (κ2) is 7.23. The van der Waals surface area contributed by atoms with Crippen molar-refractivity contribution in [2.75, 3.05) is 19.8 Å². The molecule has 0 radical (unpaired) electrons. The molecule has 7 heteroatoms. The third-order valence-corrected chi connectivity index (χ3v) is 3.88. The SMILES string of the molecule is O=C(CC1COCCN1C(=O)CCn1cccn1)c1ccco1. The summed E-state index contributed by atoms with van der Waals surface area (Å²) < 4.78 is 12.3. The van der Waals surface area contributed by atoms with Crippen LogP contribution in [0.25, 0.3) is 0 Å². The molecule has 7 nitrogen and oxygen atoms in total. The van der Waals surface area contributed by atoms with Gasteiger partial charge in [-0.05, 0) is 18.2 Å². The molecule has 1 amide bonds. The number of amides is 1. The molecule has 0 aromatic carbocycles. The average Bonchev–Trinajstić information content (AvgIpc) is 3.26. The molecular formula is C16H19N3O4. The smallest absolute Gasteiger partial charge is 0.224 e. The molecule has 1 unspecified atom stereocenters. The van der Waals surface area contributed by atoms with Crippen LogP contribution in [-0.2, 0) is 16.1 Å². The normalized spacial score (nSPS) is 18.1. The minimum atomic E-state index is -0.244. The first-order chi connectivity index (χ1) is 11.2. The molecule has 23 heavy (non-hydrogen) atoms. The molecule has 0 spiro atoms. The van der Waals surface area contributed by atoms with Gasteiger partial charge in [-0.2, -0.15) is 5.10 Å². The molecule has 122 valence electrons. The van der Waals surface area contributed by atoms with Gasteiger partial charge >= 0.3 is 0 Å². The largest absolute Gasteiger partial charge is 0.461 e. The van der Waals surface area contributed by atoms with Crippen molar-refractivity contribution < 1.29 is 18.7 Å². The minimum absolute atomic E-state index is 0.0149. The van der Waals surface area contributed by atoms with Crippen molar-refractivity contribution in [3.05, 3.63) is 42.6 Å². The lowest BCUT2D eigenvalue weighted by atomic mass is 10.1. The van der Waals surface area contributed by atoms with Crippen LogP contribution < -0.4 is 0 Å². The van der Waals surface area contributed by atoms with Gasteiger partial charge in [0.2, 0.25) is 5.91 Å². The van der Waals surface area contributed by atoms with Gasteiger partial charge in [-0.25, -0.2) is 0 Å². The van der Waals surface area contributed by atoms with Crippen LogP contribution in [-0.4, -0.2) is 52.2 Å². The third kappa shape index (κ3) is 3.87. The second-order valence-electron chi connectivity index (χ2n) is 5.44. The van der Waals surface area contributed by atoms with Crippen molar-refractivity contribution in [3.8, 4) is 0 Å². The zero-order valence-corrected chi connectivity index (χ0v) is 12.8. The van der Waals surface area contributed by atoms with Crippen molar-refractivity contribution in [2.24, 2.45) is 0 Å². The summed E-state index contributed by atoms with van der Waals surface area (Å²) in [6.07, 6.45) is 5.54. The number of carbonyl (C=O) groups is 2. The van der Waals surface area contributed by atoms with E-state index in [2.05, 4.69) is 5.10 Å². The molecule has 1 saturated heterocycles. The molecule has 1 aliphatic rings. The monoisotopic (exact) mass is 317 g/mol. The lowest BCUT2D eigenvalue weighted by Gasteiger charge is -2.35. The quantitative estimate of drug-likeness (QED) is 0.752. The zero-order chi connectivity index (χ0) is 16.1. The van der Waals surface area contributed by atoms with E-state index in [0.29, 0.717) is 38.5 Å². The van der Waals surface area contributed by atoms with Crippen molar-refractivity contribution >= 4 is 11.7 Å². The van der Waals surface area contributed by atoms with Gasteiger partial charge < -0.3 is 14.1 Å². The van der Waals surface area contributed by atoms with Crippen LogP contribution in [0.4, 0.5) is 0 Å². The third-order valence-electron chi connectivity index (χ3n) is 3.88. The number of hydrogen-bond acceptors (Lipinski definition) is 5. The van der Waals surface area contributed by atoms with E-state index in [1.54, 1.807) is 27.9 Å². The first-order valence-corrected chi connectivity index (χ1v) is 7.65. The van der Waals surface area contributed by atoms with Gasteiger partial charge in [-0.1, -0.05) is 0 Å². The predicted molar refractivity (Wildman–Crippen MR) is 80.8 cm³/mol. The highest BCUT2D eigenvalue weighted by Crippen LogP contribution is 2.16. The molecule has 0 N–H and O–H groups in total. The van der Waals surface area contributed by atoms with E-state index in [0.717, 1.165) is 0 Å². The Bertz CT molecular complexity index is 636. The van der Waals surface area contributed by atoms with Crippen LogP contribution >= 0.6 is 0 Å². The van der Waals surface area contributed by atoms with Gasteiger partial charge in [-0.15, -0.1) is 0 Å². The summed E-state index contributed by atoms with van der Waals surface area (Å²) >= 11 is 0. The van der Waals surface area contributed by atoms with E-state index < -0.39 is 0 Å². The number of morpholine rings is 1. The summed E-state index contributed by atoms with van der Waals surface area (Å²) in [5, 5.41) is 4.09. The van der Waals surface area contributed by atoms with Crippen LogP contribution in [0.2, 0.25) is 0 Å². The Morgan fingerprint density at radius 3 is 3.00 bits per heavy atom. The lowest BCUT2D eigenvalue weighted by Crippen LogP contribution is -2.49. The van der Waals surface area contributed by atoms with Crippen LogP contribution in [0.1, 0.15) is 23.4 Å². The van der Waals surface area contributed by atoms with Gasteiger partial charge in [0, 0.05) is 38.3 Å². The van der Waals surface area contributed by atoms with Gasteiger partial charge in [0.05, 0.1) is 25.5 Å². The number of Topliss-reactive ketones (excluding diaryl/α,β-unsaturated/α-hetero) is 1. The minimum Gasteiger partial charge on any atom is -0.461 e. The van der Waals surface area contributed by atoms with Crippen LogP contribution in [0, 0.1) is 0 Å². The molecule has 2 aromatic heterocycles. The molecule has 0 aliphatic carbocycles. The van der Waals surface area contributed by atoms with Crippen molar-refractivity contribution in [1.29, 1.82) is 0 Å². The van der Waals surface area contributed by atoms with Crippen molar-refractivity contribution in [1.82, 2.24) is 14.7 Å². The molecule has 3 heterocycles. The molecule has 1 atom stereocenters. The Balaban J connectivity index is 1.59. The Morgan fingerprint density at radius 2 is 2.26 bits per heavy atom. The topological polar surface area (TPSA) is 77.6 Å². The molecule has 2 aromatic rings. The molecule has 1 fully saturated rings. The fourth-order valence-electron chi connectivity index (χ4n) is 2.69. The first kappa shape index (κ1) is 15.5. The Kier molecular flexibility index (Phi) is 4.87. The summed E-state index contributed by atoms with van der Waals surface area (Å²) in [6, 6.07) is 4.89. The number of ether oxygens (including phenoxy) is 1. The van der Waals surface area contributed by atoms with E-state index in [1.807, 2.05) is 12.3 Å². The maximum Gasteiger partial charge on any atom is 0.224 e. The zero-order valence-electron chi connectivity index (χ0n) is 12.8. The molecular weight excluding hydrogens is 298 g/mol. The fraction of sp³-hybridized carbons (Fsp3) is 0.438. The Morgan fingerprint density at radius 1 is 1.35 bits per heavy atom. The number of hydrogen-bond donors (Lipinski definition) is 0. The number of ketones is 1. The maximum atomic E-state index is 12.5. The number of nitrogens with zero attached hydrogens (tertiary/aromatic N) is 3. The number of aryl methyl sites for hydroxylation is 1. The highest BCUT2D eigenvalue weighted by atomic mass is 16.5. The summed E-state index contributed by atoms with van der Waals surface area (Å²) in [5.41, 5.74) is 0. The number of aromatic nitrogens is 2. The average molecular weight is 317 g/mol. The first-order valence-electron chi connectivity index (χ1n) is 7.65. The Labute approximate surface area is 133 Å². The summed E-state index contributed by atoms with van der Waals surface area (Å²) in [7, 11) is 0.